The summed E-state index contributed by atoms with van der Waals surface area (Å²) in [6.07, 6.45) is 1.22. The Labute approximate surface area is 124 Å². The maximum atomic E-state index is 4.58. The van der Waals surface area contributed by atoms with Gasteiger partial charge in [-0.3, -0.25) is 0 Å². The molecule has 0 saturated heterocycles. The molecule has 6 atom stereocenters. The summed E-state index contributed by atoms with van der Waals surface area (Å²) < 4.78 is 0. The van der Waals surface area contributed by atoms with E-state index < -0.39 is 0 Å². The first kappa shape index (κ1) is 11.8. The Bertz CT molecular complexity index is 652. The maximum absolute atomic E-state index is 4.58. The van der Waals surface area contributed by atoms with Gasteiger partial charge in [-0.05, 0) is 30.0 Å². The molecule has 2 aliphatic carbocycles. The lowest BCUT2D eigenvalue weighted by molar-refractivity contribution is 0.242. The number of azo groups is 1. The van der Waals surface area contributed by atoms with Crippen LogP contribution in [0.2, 0.25) is 0 Å². The van der Waals surface area contributed by atoms with Gasteiger partial charge >= 0.3 is 0 Å². The van der Waals surface area contributed by atoms with E-state index in [1.54, 1.807) is 0 Å². The second-order valence-corrected chi connectivity index (χ2v) is 7.06. The van der Waals surface area contributed by atoms with Gasteiger partial charge in [0, 0.05) is 11.8 Å². The SMILES string of the molecule is CC(C)c1cccc(N2N=N[C@H]3[C@H]4C[C@H]([C@@H]5N=N[C@H]45)[C@H]32)c1. The van der Waals surface area contributed by atoms with E-state index in [9.17, 15) is 0 Å². The molecule has 5 heteroatoms. The summed E-state index contributed by atoms with van der Waals surface area (Å²) in [4.78, 5) is 0. The molecule has 2 bridgehead atoms. The summed E-state index contributed by atoms with van der Waals surface area (Å²) in [5.74, 6) is 1.69. The zero-order chi connectivity index (χ0) is 14.1. The number of rotatable bonds is 2. The Balaban J connectivity index is 1.50. The predicted molar refractivity (Wildman–Crippen MR) is 79.5 cm³/mol. The van der Waals surface area contributed by atoms with Crippen molar-refractivity contribution >= 4 is 5.69 Å². The van der Waals surface area contributed by atoms with E-state index in [0.717, 1.165) is 0 Å². The first-order valence-electron chi connectivity index (χ1n) is 7.94. The first-order chi connectivity index (χ1) is 10.2. The highest BCUT2D eigenvalue weighted by molar-refractivity contribution is 5.51. The van der Waals surface area contributed by atoms with Crippen molar-refractivity contribution in [2.24, 2.45) is 32.4 Å². The van der Waals surface area contributed by atoms with Gasteiger partial charge in [0.1, 0.15) is 18.1 Å². The number of hydrogen-bond donors (Lipinski definition) is 0. The third kappa shape index (κ3) is 1.41. The van der Waals surface area contributed by atoms with Crippen molar-refractivity contribution < 1.29 is 0 Å². The maximum Gasteiger partial charge on any atom is 0.101 e. The van der Waals surface area contributed by atoms with Crippen LogP contribution in [0.4, 0.5) is 5.69 Å². The quantitative estimate of drug-likeness (QED) is 0.817. The Hall–Kier alpha value is -1.78. The molecule has 4 aliphatic rings. The van der Waals surface area contributed by atoms with Gasteiger partial charge in [0.15, 0.2) is 0 Å². The fourth-order valence-electron chi connectivity index (χ4n) is 4.59. The average Bonchev–Trinajstić information content (AvgIpc) is 3.06. The third-order valence-electron chi connectivity index (χ3n) is 5.70. The monoisotopic (exact) mass is 281 g/mol. The summed E-state index contributed by atoms with van der Waals surface area (Å²) in [7, 11) is 0. The number of hydrogen-bond acceptors (Lipinski definition) is 5. The van der Waals surface area contributed by atoms with Crippen LogP contribution < -0.4 is 5.01 Å². The molecule has 5 rings (SSSR count). The summed E-state index contributed by atoms with van der Waals surface area (Å²) in [5.41, 5.74) is 2.54. The van der Waals surface area contributed by atoms with Gasteiger partial charge < -0.3 is 0 Å². The van der Waals surface area contributed by atoms with E-state index >= 15 is 0 Å². The van der Waals surface area contributed by atoms with E-state index in [1.165, 1.54) is 17.7 Å². The largest absolute Gasteiger partial charge is 0.242 e. The van der Waals surface area contributed by atoms with Gasteiger partial charge in [0.05, 0.1) is 11.7 Å². The molecule has 2 heterocycles. The van der Waals surface area contributed by atoms with Crippen molar-refractivity contribution in [1.82, 2.24) is 0 Å². The zero-order valence-electron chi connectivity index (χ0n) is 12.3. The molecule has 0 spiro atoms. The van der Waals surface area contributed by atoms with Gasteiger partial charge in [-0.1, -0.05) is 31.2 Å². The Kier molecular flexibility index (Phi) is 2.20. The highest BCUT2D eigenvalue weighted by atomic mass is 15.6. The molecule has 2 aliphatic heterocycles. The first-order valence-corrected chi connectivity index (χ1v) is 7.94. The Morgan fingerprint density at radius 3 is 2.62 bits per heavy atom. The topological polar surface area (TPSA) is 52.7 Å². The van der Waals surface area contributed by atoms with E-state index in [4.69, 9.17) is 0 Å². The number of benzene rings is 1. The Morgan fingerprint density at radius 1 is 1.05 bits per heavy atom. The summed E-state index contributed by atoms with van der Waals surface area (Å²) in [6.45, 7) is 4.45. The van der Waals surface area contributed by atoms with Crippen LogP contribution in [0.5, 0.6) is 0 Å². The van der Waals surface area contributed by atoms with Crippen molar-refractivity contribution in [3.63, 3.8) is 0 Å². The number of anilines is 1. The predicted octanol–water partition coefficient (Wildman–Crippen LogP) is 3.59. The molecule has 2 saturated carbocycles. The van der Waals surface area contributed by atoms with E-state index in [0.29, 0.717) is 41.9 Å². The van der Waals surface area contributed by atoms with E-state index in [1.807, 2.05) is 0 Å². The minimum absolute atomic E-state index is 0.332. The van der Waals surface area contributed by atoms with Crippen LogP contribution in [0.15, 0.2) is 44.8 Å². The smallest absolute Gasteiger partial charge is 0.101 e. The van der Waals surface area contributed by atoms with Crippen molar-refractivity contribution in [2.75, 3.05) is 5.01 Å². The van der Waals surface area contributed by atoms with Crippen LogP contribution >= 0.6 is 0 Å². The van der Waals surface area contributed by atoms with Crippen LogP contribution in [0, 0.1) is 11.8 Å². The summed E-state index contributed by atoms with van der Waals surface area (Å²) in [6, 6.07) is 10.4. The fourth-order valence-corrected chi connectivity index (χ4v) is 4.59. The lowest BCUT2D eigenvalue weighted by Crippen LogP contribution is -2.52. The zero-order valence-corrected chi connectivity index (χ0v) is 12.3. The molecule has 5 nitrogen and oxygen atoms in total. The van der Waals surface area contributed by atoms with Crippen LogP contribution in [0.1, 0.15) is 31.7 Å². The van der Waals surface area contributed by atoms with Crippen LogP contribution in [-0.4, -0.2) is 24.2 Å². The van der Waals surface area contributed by atoms with Crippen LogP contribution in [0.25, 0.3) is 0 Å². The number of nitrogens with zero attached hydrogens (tertiary/aromatic N) is 5. The molecule has 108 valence electrons. The molecule has 2 fully saturated rings. The normalized spacial score (nSPS) is 41.6. The van der Waals surface area contributed by atoms with Gasteiger partial charge in [-0.15, -0.1) is 0 Å². The average molecular weight is 281 g/mol. The van der Waals surface area contributed by atoms with E-state index in [-0.39, 0.29) is 0 Å². The second kappa shape index (κ2) is 3.90. The molecule has 0 unspecified atom stereocenters. The van der Waals surface area contributed by atoms with Crippen molar-refractivity contribution in [1.29, 1.82) is 0 Å². The van der Waals surface area contributed by atoms with Crippen molar-refractivity contribution in [2.45, 2.75) is 50.4 Å². The third-order valence-corrected chi connectivity index (χ3v) is 5.70. The van der Waals surface area contributed by atoms with Crippen molar-refractivity contribution in [3.8, 4) is 0 Å². The Morgan fingerprint density at radius 2 is 1.86 bits per heavy atom. The summed E-state index contributed by atoms with van der Waals surface area (Å²) in [5, 5.41) is 19.9. The highest BCUT2D eigenvalue weighted by Crippen LogP contribution is 2.56. The van der Waals surface area contributed by atoms with Crippen molar-refractivity contribution in [3.05, 3.63) is 29.8 Å². The lowest BCUT2D eigenvalue weighted by Gasteiger charge is -2.38. The molecular formula is C16H19N5. The number of fused-ring (bicyclic) bond motifs is 8. The van der Waals surface area contributed by atoms with Gasteiger partial charge in [0.2, 0.25) is 0 Å². The van der Waals surface area contributed by atoms with Gasteiger partial charge in [-0.2, -0.15) is 15.3 Å². The fraction of sp³-hybridized carbons (Fsp3) is 0.625. The molecular weight excluding hydrogens is 262 g/mol. The molecule has 0 aromatic heterocycles. The summed E-state index contributed by atoms with van der Waals surface area (Å²) >= 11 is 0. The molecule has 0 amide bonds. The standard InChI is InChI=1S/C16H19N5/c1-8(2)9-4-3-5-10(6-9)21-16-12-7-11(15(16)19-20-21)13-14(12)18-17-13/h3-6,8,11-16H,7H2,1-2H3/t11-,12+,13+,14-,15-,16+/m0/s1. The molecule has 1 aromatic rings. The molecule has 21 heavy (non-hydrogen) atoms. The molecule has 0 N–H and O–H groups in total. The molecule has 1 aromatic carbocycles. The highest BCUT2D eigenvalue weighted by Gasteiger charge is 2.65. The van der Waals surface area contributed by atoms with Crippen LogP contribution in [0.3, 0.4) is 0 Å². The van der Waals surface area contributed by atoms with Gasteiger partial charge in [0.25, 0.3) is 0 Å². The van der Waals surface area contributed by atoms with E-state index in [2.05, 4.69) is 63.7 Å². The second-order valence-electron chi connectivity index (χ2n) is 7.06. The molecule has 0 radical (unpaired) electrons. The van der Waals surface area contributed by atoms with Gasteiger partial charge in [-0.25, -0.2) is 5.01 Å². The lowest BCUT2D eigenvalue weighted by atomic mass is 9.82. The minimum atomic E-state index is 0.332. The minimum Gasteiger partial charge on any atom is -0.242 e. The van der Waals surface area contributed by atoms with Crippen LogP contribution in [-0.2, 0) is 0 Å².